The van der Waals surface area contributed by atoms with Gasteiger partial charge in [-0.05, 0) is 49.1 Å². The summed E-state index contributed by atoms with van der Waals surface area (Å²) in [4.78, 5) is 20.6. The van der Waals surface area contributed by atoms with Crippen molar-refractivity contribution in [1.82, 2.24) is 4.90 Å². The zero-order valence-electron chi connectivity index (χ0n) is 17.8. The summed E-state index contributed by atoms with van der Waals surface area (Å²) in [5.74, 6) is -3.36. The SMILES string of the molecule is O=C(O)C(=O)O.Oc1cccc([C@@]23CCC[C@@H]([C@@H]2O)N(C/C=C/c2ccccc2)CC3)c1. The highest BCUT2D eigenvalue weighted by atomic mass is 16.4. The van der Waals surface area contributed by atoms with Crippen LogP contribution in [-0.4, -0.2) is 62.5 Å². The first-order valence-electron chi connectivity index (χ1n) is 10.7. The van der Waals surface area contributed by atoms with E-state index in [9.17, 15) is 10.2 Å². The Morgan fingerprint density at radius 2 is 1.75 bits per heavy atom. The molecule has 0 aromatic heterocycles. The number of hydrogen-bond donors (Lipinski definition) is 4. The fourth-order valence-corrected chi connectivity index (χ4v) is 4.85. The molecule has 2 aromatic rings. The summed E-state index contributed by atoms with van der Waals surface area (Å²) >= 11 is 0. The number of aliphatic carboxylic acids is 2. The number of fused-ring (bicyclic) bond motifs is 2. The topological polar surface area (TPSA) is 118 Å². The second-order valence-electron chi connectivity index (χ2n) is 8.28. The minimum Gasteiger partial charge on any atom is -0.508 e. The van der Waals surface area contributed by atoms with Crippen LogP contribution in [0.25, 0.3) is 6.08 Å². The molecule has 1 aliphatic heterocycles. The second kappa shape index (κ2) is 10.4. The van der Waals surface area contributed by atoms with Gasteiger partial charge in [-0.2, -0.15) is 0 Å². The predicted molar refractivity (Wildman–Crippen MR) is 120 cm³/mol. The Kier molecular flexibility index (Phi) is 7.66. The second-order valence-corrected chi connectivity index (χ2v) is 8.28. The fraction of sp³-hybridized carbons (Fsp3) is 0.360. The van der Waals surface area contributed by atoms with E-state index in [1.54, 1.807) is 6.07 Å². The van der Waals surface area contributed by atoms with Crippen molar-refractivity contribution in [2.24, 2.45) is 0 Å². The van der Waals surface area contributed by atoms with Crippen LogP contribution < -0.4 is 0 Å². The molecule has 1 saturated heterocycles. The summed E-state index contributed by atoms with van der Waals surface area (Å²) in [6.45, 7) is 1.85. The molecule has 0 radical (unpaired) electrons. The van der Waals surface area contributed by atoms with Gasteiger partial charge in [0.1, 0.15) is 5.75 Å². The third-order valence-electron chi connectivity index (χ3n) is 6.42. The maximum Gasteiger partial charge on any atom is 0.414 e. The number of benzene rings is 2. The average Bonchev–Trinajstić information content (AvgIpc) is 2.77. The van der Waals surface area contributed by atoms with Crippen molar-refractivity contribution in [3.8, 4) is 5.75 Å². The standard InChI is InChI=1S/C23H27NO2.C2H2O4/c25-20-11-4-10-19(17-20)23-13-5-12-21(22(23)26)24(16-14-23)15-6-9-18-7-2-1-3-8-18;3-1(4)2(5)6/h1-4,6-11,17,21-22,25-26H,5,12-16H2;(H,3,4)(H,5,6)/b9-6+;/t21-,22-,23-;/m0./s1. The maximum absolute atomic E-state index is 11.2. The van der Waals surface area contributed by atoms with Crippen LogP contribution in [0.15, 0.2) is 60.7 Å². The molecule has 0 unspecified atom stereocenters. The lowest BCUT2D eigenvalue weighted by atomic mass is 9.61. The van der Waals surface area contributed by atoms with Crippen LogP contribution in [0.4, 0.5) is 0 Å². The molecule has 3 atom stereocenters. The lowest BCUT2D eigenvalue weighted by Gasteiger charge is -2.54. The van der Waals surface area contributed by atoms with E-state index in [0.29, 0.717) is 5.75 Å². The van der Waals surface area contributed by atoms with Gasteiger partial charge in [-0.25, -0.2) is 9.59 Å². The van der Waals surface area contributed by atoms with Gasteiger partial charge >= 0.3 is 11.9 Å². The summed E-state index contributed by atoms with van der Waals surface area (Å²) in [6.07, 6.45) is 8.09. The quantitative estimate of drug-likeness (QED) is 0.541. The minimum atomic E-state index is -1.82. The number of carbonyl (C=O) groups is 2. The Labute approximate surface area is 187 Å². The number of aliphatic hydroxyl groups is 1. The number of nitrogens with zero attached hydrogens (tertiary/aromatic N) is 1. The highest BCUT2D eigenvalue weighted by molar-refractivity contribution is 6.27. The third kappa shape index (κ3) is 5.36. The first-order valence-corrected chi connectivity index (χ1v) is 10.7. The van der Waals surface area contributed by atoms with Crippen molar-refractivity contribution in [2.75, 3.05) is 13.1 Å². The zero-order chi connectivity index (χ0) is 23.1. The Morgan fingerprint density at radius 1 is 1.03 bits per heavy atom. The molecule has 170 valence electrons. The molecule has 4 N–H and O–H groups in total. The van der Waals surface area contributed by atoms with Crippen molar-refractivity contribution in [2.45, 2.75) is 43.2 Å². The molecule has 2 aliphatic rings. The van der Waals surface area contributed by atoms with Crippen LogP contribution in [0.2, 0.25) is 0 Å². The molecule has 32 heavy (non-hydrogen) atoms. The van der Waals surface area contributed by atoms with Gasteiger partial charge in [0.05, 0.1) is 6.10 Å². The number of hydrogen-bond acceptors (Lipinski definition) is 5. The molecule has 4 rings (SSSR count). The third-order valence-corrected chi connectivity index (χ3v) is 6.42. The molecule has 7 nitrogen and oxygen atoms in total. The molecule has 2 aromatic carbocycles. The van der Waals surface area contributed by atoms with Crippen LogP contribution in [0.3, 0.4) is 0 Å². The normalized spacial score (nSPS) is 25.0. The molecule has 1 aliphatic carbocycles. The number of aromatic hydroxyl groups is 1. The number of phenols is 1. The van der Waals surface area contributed by atoms with Crippen molar-refractivity contribution < 1.29 is 30.0 Å². The molecule has 2 fully saturated rings. The Hall–Kier alpha value is -3.16. The highest BCUT2D eigenvalue weighted by Gasteiger charge is 2.50. The van der Waals surface area contributed by atoms with Gasteiger partial charge in [0.15, 0.2) is 0 Å². The number of phenolic OH excluding ortho intramolecular Hbond substituents is 1. The van der Waals surface area contributed by atoms with E-state index in [4.69, 9.17) is 19.8 Å². The van der Waals surface area contributed by atoms with Gasteiger partial charge in [-0.15, -0.1) is 0 Å². The summed E-state index contributed by atoms with van der Waals surface area (Å²) in [6, 6.07) is 18.0. The molecule has 0 amide bonds. The largest absolute Gasteiger partial charge is 0.508 e. The first-order chi connectivity index (χ1) is 15.3. The molecule has 1 saturated carbocycles. The highest BCUT2D eigenvalue weighted by Crippen LogP contribution is 2.47. The lowest BCUT2D eigenvalue weighted by Crippen LogP contribution is -2.61. The number of aliphatic hydroxyl groups excluding tert-OH is 1. The maximum atomic E-state index is 11.2. The van der Waals surface area contributed by atoms with E-state index in [1.807, 2.05) is 18.2 Å². The van der Waals surface area contributed by atoms with Crippen LogP contribution in [-0.2, 0) is 15.0 Å². The Balaban J connectivity index is 0.000000427. The molecule has 0 spiro atoms. The monoisotopic (exact) mass is 439 g/mol. The molecule has 1 heterocycles. The van der Waals surface area contributed by atoms with E-state index in [0.717, 1.165) is 44.3 Å². The number of likely N-dealkylation sites (tertiary alicyclic amines) is 1. The molecule has 2 bridgehead atoms. The minimum absolute atomic E-state index is 0.195. The van der Waals surface area contributed by atoms with E-state index >= 15 is 0 Å². The van der Waals surface area contributed by atoms with Gasteiger partial charge in [0, 0.05) is 18.0 Å². The van der Waals surface area contributed by atoms with Gasteiger partial charge in [-0.3, -0.25) is 4.90 Å². The number of carboxylic acid groups (broad SMARTS) is 2. The van der Waals surface area contributed by atoms with Crippen molar-refractivity contribution >= 4 is 18.0 Å². The zero-order valence-corrected chi connectivity index (χ0v) is 17.8. The first kappa shape index (κ1) is 23.5. The fourth-order valence-electron chi connectivity index (χ4n) is 4.85. The number of carboxylic acids is 2. The van der Waals surface area contributed by atoms with E-state index in [2.05, 4.69) is 47.4 Å². The predicted octanol–water partition coefficient (Wildman–Crippen LogP) is 3.12. The summed E-state index contributed by atoms with van der Waals surface area (Å²) in [5, 5.41) is 35.9. The number of piperidine rings is 1. The van der Waals surface area contributed by atoms with Crippen LogP contribution in [0, 0.1) is 0 Å². The van der Waals surface area contributed by atoms with Crippen LogP contribution >= 0.6 is 0 Å². The molecule has 7 heteroatoms. The van der Waals surface area contributed by atoms with Gasteiger partial charge in [0.25, 0.3) is 0 Å². The summed E-state index contributed by atoms with van der Waals surface area (Å²) in [7, 11) is 0. The van der Waals surface area contributed by atoms with E-state index < -0.39 is 11.9 Å². The van der Waals surface area contributed by atoms with E-state index in [-0.39, 0.29) is 17.6 Å². The average molecular weight is 440 g/mol. The number of rotatable bonds is 4. The van der Waals surface area contributed by atoms with Crippen molar-refractivity contribution in [1.29, 1.82) is 0 Å². The summed E-state index contributed by atoms with van der Waals surface area (Å²) in [5.41, 5.74) is 2.10. The van der Waals surface area contributed by atoms with Crippen molar-refractivity contribution in [3.63, 3.8) is 0 Å². The van der Waals surface area contributed by atoms with E-state index in [1.165, 1.54) is 5.56 Å². The van der Waals surface area contributed by atoms with Gasteiger partial charge < -0.3 is 20.4 Å². The summed E-state index contributed by atoms with van der Waals surface area (Å²) < 4.78 is 0. The van der Waals surface area contributed by atoms with Crippen LogP contribution in [0.5, 0.6) is 5.75 Å². The Morgan fingerprint density at radius 3 is 2.41 bits per heavy atom. The Bertz CT molecular complexity index is 948. The van der Waals surface area contributed by atoms with Gasteiger partial charge in [0.2, 0.25) is 0 Å². The van der Waals surface area contributed by atoms with Gasteiger partial charge in [-0.1, -0.05) is 61.0 Å². The smallest absolute Gasteiger partial charge is 0.414 e. The molecular formula is C25H29NO6. The van der Waals surface area contributed by atoms with Crippen LogP contribution in [0.1, 0.15) is 36.8 Å². The van der Waals surface area contributed by atoms with Crippen molar-refractivity contribution in [3.05, 3.63) is 71.8 Å². The lowest BCUT2D eigenvalue weighted by molar-refractivity contribution is -0.159. The molecular weight excluding hydrogens is 410 g/mol.